The molecule has 0 atom stereocenters. The summed E-state index contributed by atoms with van der Waals surface area (Å²) in [6.07, 6.45) is 0.145. The first-order chi connectivity index (χ1) is 8.50. The van der Waals surface area contributed by atoms with E-state index in [0.717, 1.165) is 11.3 Å². The van der Waals surface area contributed by atoms with Crippen LogP contribution in [0.4, 0.5) is 5.69 Å². The molecule has 1 aliphatic rings. The van der Waals surface area contributed by atoms with Crippen LogP contribution in [0.15, 0.2) is 24.3 Å². The van der Waals surface area contributed by atoms with Crippen LogP contribution in [0.2, 0.25) is 0 Å². The summed E-state index contributed by atoms with van der Waals surface area (Å²) in [5.74, 6) is 0.224. The number of carbonyl (C=O) groups excluding carboxylic acids is 1. The lowest BCUT2D eigenvalue weighted by Crippen LogP contribution is -2.60. The lowest BCUT2D eigenvalue weighted by Gasteiger charge is -2.37. The Kier molecular flexibility index (Phi) is 3.68. The fourth-order valence-electron chi connectivity index (χ4n) is 2.15. The van der Waals surface area contributed by atoms with Gasteiger partial charge in [0.15, 0.2) is 0 Å². The zero-order valence-corrected chi connectivity index (χ0v) is 10.9. The predicted octanol–water partition coefficient (Wildman–Crippen LogP) is 1.47. The molecule has 1 heterocycles. The normalized spacial score (nSPS) is 17.3. The van der Waals surface area contributed by atoms with Crippen molar-refractivity contribution in [3.63, 3.8) is 0 Å². The molecule has 4 nitrogen and oxygen atoms in total. The summed E-state index contributed by atoms with van der Waals surface area (Å²) in [4.78, 5) is 11.9. The highest BCUT2D eigenvalue weighted by atomic mass is 16.3. The van der Waals surface area contributed by atoms with Crippen LogP contribution in [0.3, 0.4) is 0 Å². The highest BCUT2D eigenvalue weighted by Crippen LogP contribution is 2.24. The van der Waals surface area contributed by atoms with Crippen molar-refractivity contribution >= 4 is 11.6 Å². The molecule has 2 rings (SSSR count). The third kappa shape index (κ3) is 2.89. The molecule has 1 fully saturated rings. The van der Waals surface area contributed by atoms with Crippen molar-refractivity contribution in [3.8, 4) is 0 Å². The number of para-hydroxylation sites is 1. The Morgan fingerprint density at radius 3 is 2.67 bits per heavy atom. The molecule has 1 amide bonds. The molecule has 0 saturated carbocycles. The Morgan fingerprint density at radius 2 is 2.11 bits per heavy atom. The van der Waals surface area contributed by atoms with Crippen molar-refractivity contribution < 1.29 is 9.90 Å². The van der Waals surface area contributed by atoms with Gasteiger partial charge in [0.25, 0.3) is 0 Å². The fraction of sp³-hybridized carbons (Fsp3) is 0.500. The molecule has 0 aliphatic carbocycles. The Morgan fingerprint density at radius 1 is 1.44 bits per heavy atom. The van der Waals surface area contributed by atoms with Crippen molar-refractivity contribution in [2.75, 3.05) is 18.4 Å². The van der Waals surface area contributed by atoms with Gasteiger partial charge in [0, 0.05) is 18.8 Å². The van der Waals surface area contributed by atoms with E-state index in [0.29, 0.717) is 19.0 Å². The Bertz CT molecular complexity index is 439. The van der Waals surface area contributed by atoms with Gasteiger partial charge < -0.3 is 15.7 Å². The van der Waals surface area contributed by atoms with Gasteiger partial charge in [-0.2, -0.15) is 0 Å². The van der Waals surface area contributed by atoms with Crippen molar-refractivity contribution in [2.45, 2.75) is 31.8 Å². The number of hydrogen-bond acceptors (Lipinski definition) is 3. The van der Waals surface area contributed by atoms with Crippen molar-refractivity contribution in [3.05, 3.63) is 29.8 Å². The second-order valence-electron chi connectivity index (χ2n) is 5.29. The fourth-order valence-corrected chi connectivity index (χ4v) is 2.15. The van der Waals surface area contributed by atoms with Crippen LogP contribution in [-0.2, 0) is 4.79 Å². The smallest absolute Gasteiger partial charge is 0.227 e. The summed E-state index contributed by atoms with van der Waals surface area (Å²) < 4.78 is 0. The van der Waals surface area contributed by atoms with Gasteiger partial charge in [-0.05, 0) is 17.5 Å². The molecule has 0 bridgehead atoms. The molecule has 4 heteroatoms. The lowest BCUT2D eigenvalue weighted by atomic mass is 9.92. The van der Waals surface area contributed by atoms with Crippen molar-refractivity contribution in [1.82, 2.24) is 5.32 Å². The van der Waals surface area contributed by atoms with E-state index in [9.17, 15) is 9.90 Å². The van der Waals surface area contributed by atoms with E-state index in [2.05, 4.69) is 24.5 Å². The van der Waals surface area contributed by atoms with E-state index in [1.54, 1.807) is 0 Å². The maximum Gasteiger partial charge on any atom is 0.227 e. The van der Waals surface area contributed by atoms with Gasteiger partial charge in [0.2, 0.25) is 5.91 Å². The number of amides is 1. The molecule has 0 radical (unpaired) electrons. The summed E-state index contributed by atoms with van der Waals surface area (Å²) in [5, 5.41) is 15.8. The van der Waals surface area contributed by atoms with Gasteiger partial charge in [-0.1, -0.05) is 32.0 Å². The van der Waals surface area contributed by atoms with E-state index < -0.39 is 5.60 Å². The molecule has 98 valence electrons. The molecular weight excluding hydrogens is 228 g/mol. The second kappa shape index (κ2) is 5.08. The summed E-state index contributed by atoms with van der Waals surface area (Å²) in [7, 11) is 0. The molecule has 1 aromatic rings. The number of hydrogen-bond donors (Lipinski definition) is 3. The molecule has 1 saturated heterocycles. The van der Waals surface area contributed by atoms with Gasteiger partial charge in [0.1, 0.15) is 0 Å². The van der Waals surface area contributed by atoms with E-state index >= 15 is 0 Å². The van der Waals surface area contributed by atoms with Crippen LogP contribution in [0.5, 0.6) is 0 Å². The van der Waals surface area contributed by atoms with Gasteiger partial charge in [-0.15, -0.1) is 0 Å². The predicted molar refractivity (Wildman–Crippen MR) is 71.6 cm³/mol. The number of carbonyl (C=O) groups is 1. The first-order valence-corrected chi connectivity index (χ1v) is 6.32. The van der Waals surface area contributed by atoms with Crippen molar-refractivity contribution in [1.29, 1.82) is 0 Å². The Labute approximate surface area is 107 Å². The van der Waals surface area contributed by atoms with Crippen LogP contribution >= 0.6 is 0 Å². The van der Waals surface area contributed by atoms with Gasteiger partial charge in [-0.3, -0.25) is 4.79 Å². The molecule has 0 aromatic heterocycles. The summed E-state index contributed by atoms with van der Waals surface area (Å²) >= 11 is 0. The number of benzene rings is 1. The van der Waals surface area contributed by atoms with Crippen molar-refractivity contribution in [2.24, 2.45) is 0 Å². The first kappa shape index (κ1) is 13.1. The molecule has 3 N–H and O–H groups in total. The summed E-state index contributed by atoms with van der Waals surface area (Å²) in [6, 6.07) is 7.78. The minimum atomic E-state index is -0.864. The van der Waals surface area contributed by atoms with Gasteiger partial charge in [-0.25, -0.2) is 0 Å². The maximum atomic E-state index is 11.9. The lowest BCUT2D eigenvalue weighted by molar-refractivity contribution is -0.123. The first-order valence-electron chi connectivity index (χ1n) is 6.32. The third-order valence-corrected chi connectivity index (χ3v) is 3.25. The van der Waals surface area contributed by atoms with Crippen LogP contribution in [0.25, 0.3) is 0 Å². The number of aliphatic hydroxyl groups is 1. The van der Waals surface area contributed by atoms with Crippen LogP contribution in [0, 0.1) is 0 Å². The van der Waals surface area contributed by atoms with E-state index in [4.69, 9.17) is 0 Å². The Balaban J connectivity index is 2.02. The SMILES string of the molecule is CC(C)c1ccccc1NC(=O)CC1(O)CNC1. The zero-order valence-electron chi connectivity index (χ0n) is 10.9. The average Bonchev–Trinajstić information content (AvgIpc) is 2.27. The quantitative estimate of drug-likeness (QED) is 0.756. The van der Waals surface area contributed by atoms with Gasteiger partial charge in [0.05, 0.1) is 12.0 Å². The standard InChI is InChI=1S/C14H20N2O2/c1-10(2)11-5-3-4-6-12(11)16-13(17)7-14(18)8-15-9-14/h3-6,10,15,18H,7-9H2,1-2H3,(H,16,17). The van der Waals surface area contributed by atoms with Crippen LogP contribution < -0.4 is 10.6 Å². The molecule has 18 heavy (non-hydrogen) atoms. The zero-order chi connectivity index (χ0) is 13.2. The van der Waals surface area contributed by atoms with E-state index in [1.165, 1.54) is 0 Å². The topological polar surface area (TPSA) is 61.4 Å². The third-order valence-electron chi connectivity index (χ3n) is 3.25. The van der Waals surface area contributed by atoms with E-state index in [1.807, 2.05) is 24.3 Å². The monoisotopic (exact) mass is 248 g/mol. The second-order valence-corrected chi connectivity index (χ2v) is 5.29. The van der Waals surface area contributed by atoms with E-state index in [-0.39, 0.29) is 12.3 Å². The van der Waals surface area contributed by atoms with Gasteiger partial charge >= 0.3 is 0 Å². The largest absolute Gasteiger partial charge is 0.387 e. The minimum Gasteiger partial charge on any atom is -0.387 e. The molecule has 1 aliphatic heterocycles. The average molecular weight is 248 g/mol. The Hall–Kier alpha value is -1.39. The number of rotatable bonds is 4. The van der Waals surface area contributed by atoms with Crippen LogP contribution in [0.1, 0.15) is 31.7 Å². The number of β-amino-alcohol motifs (C(OH)–C–C–N with tert-alkyl or cyclic N) is 1. The highest BCUT2D eigenvalue weighted by Gasteiger charge is 2.36. The van der Waals surface area contributed by atoms with Crippen LogP contribution in [-0.4, -0.2) is 29.7 Å². The summed E-state index contributed by atoms with van der Waals surface area (Å²) in [6.45, 7) is 5.17. The summed E-state index contributed by atoms with van der Waals surface area (Å²) in [5.41, 5.74) is 1.09. The molecule has 0 unspecified atom stereocenters. The molecule has 0 spiro atoms. The number of anilines is 1. The maximum absolute atomic E-state index is 11.9. The minimum absolute atomic E-state index is 0.132. The number of nitrogens with one attached hydrogen (secondary N) is 2. The molecule has 1 aromatic carbocycles. The molecular formula is C14H20N2O2. The highest BCUT2D eigenvalue weighted by molar-refractivity contribution is 5.92.